The summed E-state index contributed by atoms with van der Waals surface area (Å²) in [6.07, 6.45) is 2.95. The maximum Gasteiger partial charge on any atom is 0.223 e. The third-order valence-corrected chi connectivity index (χ3v) is 4.30. The number of hydrogen-bond acceptors (Lipinski definition) is 3. The van der Waals surface area contributed by atoms with Crippen LogP contribution >= 0.6 is 0 Å². The Morgan fingerprint density at radius 2 is 1.96 bits per heavy atom. The first kappa shape index (κ1) is 18.3. The van der Waals surface area contributed by atoms with Crippen LogP contribution in [-0.2, 0) is 18.3 Å². The van der Waals surface area contributed by atoms with Gasteiger partial charge < -0.3 is 16.0 Å². The van der Waals surface area contributed by atoms with Gasteiger partial charge in [-0.25, -0.2) is 0 Å². The Balaban J connectivity index is 1.75. The molecule has 1 aliphatic rings. The first-order chi connectivity index (χ1) is 11.5. The summed E-state index contributed by atoms with van der Waals surface area (Å²) in [7, 11) is 1.97. The number of aryl methyl sites for hydroxylation is 2. The third kappa shape index (κ3) is 5.25. The van der Waals surface area contributed by atoms with Crippen molar-refractivity contribution in [1.29, 1.82) is 0 Å². The number of carbonyl (C=O) groups is 1. The second-order valence-corrected chi connectivity index (χ2v) is 6.28. The minimum atomic E-state index is 0.182. The lowest BCUT2D eigenvalue weighted by molar-refractivity contribution is -0.122. The number of aromatic nitrogens is 2. The van der Waals surface area contributed by atoms with Crippen molar-refractivity contribution in [3.05, 3.63) is 17.0 Å². The molecule has 1 amide bonds. The number of rotatable bonds is 8. The SMILES string of the molecule is CCNC(=NCCc1c(C)nn(C)c1C)NCCNC(=O)C1CC1. The molecule has 0 bridgehead atoms. The van der Waals surface area contributed by atoms with E-state index in [1.165, 1.54) is 11.3 Å². The molecule has 0 saturated heterocycles. The number of nitrogens with one attached hydrogen (secondary N) is 3. The van der Waals surface area contributed by atoms with Crippen molar-refractivity contribution in [1.82, 2.24) is 25.7 Å². The number of nitrogens with zero attached hydrogens (tertiary/aromatic N) is 3. The Hall–Kier alpha value is -2.05. The second-order valence-electron chi connectivity index (χ2n) is 6.28. The van der Waals surface area contributed by atoms with Crippen molar-refractivity contribution in [3.8, 4) is 0 Å². The predicted molar refractivity (Wildman–Crippen MR) is 96.1 cm³/mol. The summed E-state index contributed by atoms with van der Waals surface area (Å²) >= 11 is 0. The Kier molecular flexibility index (Phi) is 6.63. The van der Waals surface area contributed by atoms with Crippen molar-refractivity contribution >= 4 is 11.9 Å². The maximum absolute atomic E-state index is 11.6. The second kappa shape index (κ2) is 8.70. The van der Waals surface area contributed by atoms with E-state index in [1.54, 1.807) is 0 Å². The summed E-state index contributed by atoms with van der Waals surface area (Å²) in [5.41, 5.74) is 3.54. The van der Waals surface area contributed by atoms with Crippen LogP contribution in [0.2, 0.25) is 0 Å². The van der Waals surface area contributed by atoms with Crippen LogP contribution in [0.5, 0.6) is 0 Å². The number of hydrogen-bond donors (Lipinski definition) is 3. The van der Waals surface area contributed by atoms with Crippen LogP contribution in [0.25, 0.3) is 0 Å². The minimum Gasteiger partial charge on any atom is -0.357 e. The molecule has 2 rings (SSSR count). The summed E-state index contributed by atoms with van der Waals surface area (Å²) in [6, 6.07) is 0. The van der Waals surface area contributed by atoms with E-state index < -0.39 is 0 Å². The molecule has 0 unspecified atom stereocenters. The van der Waals surface area contributed by atoms with E-state index in [-0.39, 0.29) is 11.8 Å². The minimum absolute atomic E-state index is 0.182. The summed E-state index contributed by atoms with van der Waals surface area (Å²) in [6.45, 7) is 8.99. The van der Waals surface area contributed by atoms with E-state index in [4.69, 9.17) is 0 Å². The summed E-state index contributed by atoms with van der Waals surface area (Å²) in [5, 5.41) is 13.9. The van der Waals surface area contributed by atoms with Gasteiger partial charge in [-0.2, -0.15) is 5.10 Å². The fraction of sp³-hybridized carbons (Fsp3) is 0.706. The van der Waals surface area contributed by atoms with Crippen molar-refractivity contribution in [2.45, 2.75) is 40.0 Å². The lowest BCUT2D eigenvalue weighted by atomic mass is 10.1. The van der Waals surface area contributed by atoms with Crippen LogP contribution in [0, 0.1) is 19.8 Å². The normalized spacial score (nSPS) is 14.6. The standard InChI is InChI=1S/C17H30N6O/c1-5-18-17(21-11-10-19-16(24)14-6-7-14)20-9-8-15-12(2)22-23(4)13(15)3/h14H,5-11H2,1-4H3,(H,19,24)(H2,18,20,21). The van der Waals surface area contributed by atoms with Crippen molar-refractivity contribution < 1.29 is 4.79 Å². The summed E-state index contributed by atoms with van der Waals surface area (Å²) in [5.74, 6) is 1.23. The average molecular weight is 334 g/mol. The van der Waals surface area contributed by atoms with Gasteiger partial charge in [-0.05, 0) is 45.6 Å². The van der Waals surface area contributed by atoms with Gasteiger partial charge in [0.2, 0.25) is 5.91 Å². The monoisotopic (exact) mass is 334 g/mol. The lowest BCUT2D eigenvalue weighted by Crippen LogP contribution is -2.41. The Bertz CT molecular complexity index is 588. The molecule has 24 heavy (non-hydrogen) atoms. The van der Waals surface area contributed by atoms with E-state index in [1.807, 2.05) is 25.6 Å². The smallest absolute Gasteiger partial charge is 0.223 e. The molecule has 0 spiro atoms. The molecular weight excluding hydrogens is 304 g/mol. The highest BCUT2D eigenvalue weighted by Gasteiger charge is 2.28. The topological polar surface area (TPSA) is 83.3 Å². The molecule has 0 aromatic carbocycles. The zero-order chi connectivity index (χ0) is 17.5. The van der Waals surface area contributed by atoms with Crippen LogP contribution in [0.15, 0.2) is 4.99 Å². The van der Waals surface area contributed by atoms with Crippen molar-refractivity contribution in [2.24, 2.45) is 18.0 Å². The van der Waals surface area contributed by atoms with E-state index in [0.717, 1.165) is 37.5 Å². The molecular formula is C17H30N6O. The molecule has 1 saturated carbocycles. The number of aliphatic imine (C=N–C) groups is 1. The Labute approximate surface area is 144 Å². The quantitative estimate of drug-likeness (QED) is 0.370. The number of guanidine groups is 1. The van der Waals surface area contributed by atoms with Gasteiger partial charge in [0, 0.05) is 44.8 Å². The molecule has 7 nitrogen and oxygen atoms in total. The molecule has 134 valence electrons. The highest BCUT2D eigenvalue weighted by Crippen LogP contribution is 2.28. The zero-order valence-electron chi connectivity index (χ0n) is 15.3. The van der Waals surface area contributed by atoms with Crippen LogP contribution in [0.1, 0.15) is 36.7 Å². The van der Waals surface area contributed by atoms with Crippen molar-refractivity contribution in [3.63, 3.8) is 0 Å². The van der Waals surface area contributed by atoms with Crippen LogP contribution in [0.4, 0.5) is 0 Å². The van der Waals surface area contributed by atoms with Gasteiger partial charge in [-0.1, -0.05) is 0 Å². The first-order valence-electron chi connectivity index (χ1n) is 8.81. The Morgan fingerprint density at radius 1 is 1.25 bits per heavy atom. The molecule has 0 atom stereocenters. The van der Waals surface area contributed by atoms with E-state index in [9.17, 15) is 4.79 Å². The fourth-order valence-corrected chi connectivity index (χ4v) is 2.66. The van der Waals surface area contributed by atoms with Crippen LogP contribution in [-0.4, -0.2) is 47.8 Å². The van der Waals surface area contributed by atoms with Gasteiger partial charge in [0.15, 0.2) is 5.96 Å². The van der Waals surface area contributed by atoms with Gasteiger partial charge in [0.25, 0.3) is 0 Å². The molecule has 7 heteroatoms. The maximum atomic E-state index is 11.6. The summed E-state index contributed by atoms with van der Waals surface area (Å²) < 4.78 is 1.92. The third-order valence-electron chi connectivity index (χ3n) is 4.30. The molecule has 1 fully saturated rings. The van der Waals surface area contributed by atoms with Crippen LogP contribution in [0.3, 0.4) is 0 Å². The van der Waals surface area contributed by atoms with E-state index in [2.05, 4.69) is 33.0 Å². The predicted octanol–water partition coefficient (Wildman–Crippen LogP) is 0.661. The average Bonchev–Trinajstić information content (AvgIpc) is 3.35. The van der Waals surface area contributed by atoms with Gasteiger partial charge >= 0.3 is 0 Å². The van der Waals surface area contributed by atoms with Crippen molar-refractivity contribution in [2.75, 3.05) is 26.2 Å². The highest BCUT2D eigenvalue weighted by molar-refractivity contribution is 5.81. The van der Waals surface area contributed by atoms with Gasteiger partial charge in [-0.3, -0.25) is 14.5 Å². The number of carbonyl (C=O) groups excluding carboxylic acids is 1. The highest BCUT2D eigenvalue weighted by atomic mass is 16.2. The van der Waals surface area contributed by atoms with Crippen LogP contribution < -0.4 is 16.0 Å². The molecule has 1 aromatic rings. The molecule has 0 aliphatic heterocycles. The van der Waals surface area contributed by atoms with Gasteiger partial charge in [0.05, 0.1) is 5.69 Å². The molecule has 3 N–H and O–H groups in total. The molecule has 1 aromatic heterocycles. The Morgan fingerprint density at radius 3 is 2.54 bits per heavy atom. The zero-order valence-corrected chi connectivity index (χ0v) is 15.3. The summed E-state index contributed by atoms with van der Waals surface area (Å²) in [4.78, 5) is 16.2. The number of amides is 1. The van der Waals surface area contributed by atoms with Gasteiger partial charge in [-0.15, -0.1) is 0 Å². The molecule has 0 radical (unpaired) electrons. The molecule has 1 aliphatic carbocycles. The van der Waals surface area contributed by atoms with E-state index in [0.29, 0.717) is 19.6 Å². The first-order valence-corrected chi connectivity index (χ1v) is 8.81. The largest absolute Gasteiger partial charge is 0.357 e. The fourth-order valence-electron chi connectivity index (χ4n) is 2.66. The van der Waals surface area contributed by atoms with E-state index >= 15 is 0 Å². The van der Waals surface area contributed by atoms with Gasteiger partial charge in [0.1, 0.15) is 0 Å². The lowest BCUT2D eigenvalue weighted by Gasteiger charge is -2.12. The molecule has 1 heterocycles.